The first-order valence-corrected chi connectivity index (χ1v) is 5.35. The number of nitrogens with one attached hydrogen (secondary N) is 1. The lowest BCUT2D eigenvalue weighted by atomic mass is 10.0. The lowest BCUT2D eigenvalue weighted by Crippen LogP contribution is -1.99. The fraction of sp³-hybridized carbons (Fsp3) is 0. The maximum absolute atomic E-state index is 13.6. The number of anilines is 1. The molecule has 0 aliphatic rings. The SMILES string of the molecule is O=CNc1c(F)cccc1-c1ccccc1Cl. The van der Waals surface area contributed by atoms with E-state index in [1.54, 1.807) is 36.4 Å². The average Bonchev–Trinajstić information content (AvgIpc) is 2.33. The molecular formula is C13H9ClFNO. The van der Waals surface area contributed by atoms with E-state index in [1.165, 1.54) is 6.07 Å². The molecule has 0 aliphatic carbocycles. The summed E-state index contributed by atoms with van der Waals surface area (Å²) in [5, 5.41) is 2.86. The van der Waals surface area contributed by atoms with Crippen LogP contribution in [0.4, 0.5) is 10.1 Å². The van der Waals surface area contributed by atoms with Crippen LogP contribution in [-0.2, 0) is 4.79 Å². The van der Waals surface area contributed by atoms with E-state index in [1.807, 2.05) is 0 Å². The second kappa shape index (κ2) is 4.97. The quantitative estimate of drug-likeness (QED) is 0.826. The van der Waals surface area contributed by atoms with E-state index in [2.05, 4.69) is 5.32 Å². The molecule has 86 valence electrons. The van der Waals surface area contributed by atoms with Crippen molar-refractivity contribution in [3.63, 3.8) is 0 Å². The minimum absolute atomic E-state index is 0.135. The van der Waals surface area contributed by atoms with Gasteiger partial charge in [0.15, 0.2) is 0 Å². The molecule has 1 amide bonds. The molecule has 0 heterocycles. The Morgan fingerprint density at radius 3 is 2.47 bits per heavy atom. The Bertz CT molecular complexity index is 557. The van der Waals surface area contributed by atoms with Crippen molar-refractivity contribution in [2.75, 3.05) is 5.32 Å². The number of rotatable bonds is 3. The van der Waals surface area contributed by atoms with Crippen molar-refractivity contribution >= 4 is 23.7 Å². The van der Waals surface area contributed by atoms with E-state index in [-0.39, 0.29) is 5.69 Å². The molecule has 0 aromatic heterocycles. The fourth-order valence-electron chi connectivity index (χ4n) is 1.63. The molecule has 2 aromatic rings. The molecule has 0 saturated carbocycles. The maximum atomic E-state index is 13.6. The standard InChI is InChI=1S/C13H9ClFNO/c14-11-6-2-1-4-9(11)10-5-3-7-12(15)13(10)16-8-17/h1-8H,(H,16,17). The van der Waals surface area contributed by atoms with Crippen molar-refractivity contribution in [1.29, 1.82) is 0 Å². The monoisotopic (exact) mass is 249 g/mol. The van der Waals surface area contributed by atoms with Crippen molar-refractivity contribution in [2.45, 2.75) is 0 Å². The van der Waals surface area contributed by atoms with Gasteiger partial charge in [-0.2, -0.15) is 0 Å². The molecule has 2 aromatic carbocycles. The Morgan fingerprint density at radius 2 is 1.76 bits per heavy atom. The third kappa shape index (κ3) is 2.29. The van der Waals surface area contributed by atoms with Crippen LogP contribution < -0.4 is 5.32 Å². The molecule has 0 atom stereocenters. The van der Waals surface area contributed by atoms with E-state index in [9.17, 15) is 9.18 Å². The number of halogens is 2. The van der Waals surface area contributed by atoms with Crippen molar-refractivity contribution in [3.8, 4) is 11.1 Å². The van der Waals surface area contributed by atoms with Gasteiger partial charge in [-0.3, -0.25) is 4.79 Å². The predicted octanol–water partition coefficient (Wildman–Crippen LogP) is 3.71. The Kier molecular flexibility index (Phi) is 3.40. The number of hydrogen-bond acceptors (Lipinski definition) is 1. The van der Waals surface area contributed by atoms with E-state index in [4.69, 9.17) is 11.6 Å². The molecule has 2 nitrogen and oxygen atoms in total. The second-order valence-corrected chi connectivity index (χ2v) is 3.81. The molecule has 0 aliphatic heterocycles. The summed E-state index contributed by atoms with van der Waals surface area (Å²) in [5.74, 6) is -0.491. The molecule has 0 bridgehead atoms. The van der Waals surface area contributed by atoms with Gasteiger partial charge >= 0.3 is 0 Å². The van der Waals surface area contributed by atoms with Crippen LogP contribution in [0.3, 0.4) is 0 Å². The zero-order valence-electron chi connectivity index (χ0n) is 8.78. The van der Waals surface area contributed by atoms with E-state index >= 15 is 0 Å². The van der Waals surface area contributed by atoms with Crippen LogP contribution in [-0.4, -0.2) is 6.41 Å². The van der Waals surface area contributed by atoms with Gasteiger partial charge in [0.25, 0.3) is 0 Å². The Balaban J connectivity index is 2.63. The lowest BCUT2D eigenvalue weighted by Gasteiger charge is -2.10. The van der Waals surface area contributed by atoms with Crippen LogP contribution in [0.2, 0.25) is 5.02 Å². The van der Waals surface area contributed by atoms with Crippen LogP contribution >= 0.6 is 11.6 Å². The van der Waals surface area contributed by atoms with Crippen molar-refractivity contribution in [2.24, 2.45) is 0 Å². The van der Waals surface area contributed by atoms with Gasteiger partial charge in [-0.25, -0.2) is 4.39 Å². The molecule has 0 radical (unpaired) electrons. The molecule has 0 fully saturated rings. The van der Waals surface area contributed by atoms with Gasteiger partial charge in [0.2, 0.25) is 6.41 Å². The molecule has 0 saturated heterocycles. The third-order valence-electron chi connectivity index (χ3n) is 2.38. The van der Waals surface area contributed by atoms with Crippen LogP contribution in [0.1, 0.15) is 0 Å². The topological polar surface area (TPSA) is 29.1 Å². The number of hydrogen-bond donors (Lipinski definition) is 1. The van der Waals surface area contributed by atoms with Gasteiger partial charge in [0, 0.05) is 16.1 Å². The first-order chi connectivity index (χ1) is 8.24. The Labute approximate surface area is 103 Å². The van der Waals surface area contributed by atoms with Gasteiger partial charge in [-0.05, 0) is 12.1 Å². The van der Waals surface area contributed by atoms with E-state index in [0.717, 1.165) is 0 Å². The first kappa shape index (κ1) is 11.6. The third-order valence-corrected chi connectivity index (χ3v) is 2.71. The summed E-state index contributed by atoms with van der Waals surface area (Å²) >= 11 is 6.04. The zero-order chi connectivity index (χ0) is 12.3. The summed E-state index contributed by atoms with van der Waals surface area (Å²) in [5.41, 5.74) is 1.37. The maximum Gasteiger partial charge on any atom is 0.211 e. The van der Waals surface area contributed by atoms with Crippen molar-refractivity contribution in [1.82, 2.24) is 0 Å². The zero-order valence-corrected chi connectivity index (χ0v) is 9.54. The summed E-state index contributed by atoms with van der Waals surface area (Å²) in [6.07, 6.45) is 0.443. The van der Waals surface area contributed by atoms with Crippen LogP contribution in [0.15, 0.2) is 42.5 Å². The summed E-state index contributed by atoms with van der Waals surface area (Å²) < 4.78 is 13.6. The summed E-state index contributed by atoms with van der Waals surface area (Å²) in [4.78, 5) is 10.5. The first-order valence-electron chi connectivity index (χ1n) is 4.97. The number of benzene rings is 2. The highest BCUT2D eigenvalue weighted by molar-refractivity contribution is 6.33. The normalized spacial score (nSPS) is 10.0. The number of para-hydroxylation sites is 1. The fourth-order valence-corrected chi connectivity index (χ4v) is 1.87. The van der Waals surface area contributed by atoms with Gasteiger partial charge in [-0.15, -0.1) is 0 Å². The van der Waals surface area contributed by atoms with Crippen molar-refractivity contribution in [3.05, 3.63) is 53.3 Å². The smallest absolute Gasteiger partial charge is 0.211 e. The minimum Gasteiger partial charge on any atom is -0.326 e. The highest BCUT2D eigenvalue weighted by atomic mass is 35.5. The molecule has 0 spiro atoms. The predicted molar refractivity (Wildman–Crippen MR) is 66.5 cm³/mol. The highest BCUT2D eigenvalue weighted by Crippen LogP contribution is 2.34. The summed E-state index contributed by atoms with van der Waals surface area (Å²) in [6.45, 7) is 0. The Morgan fingerprint density at radius 1 is 1.06 bits per heavy atom. The molecule has 0 unspecified atom stereocenters. The van der Waals surface area contributed by atoms with Crippen LogP contribution in [0, 0.1) is 5.82 Å². The highest BCUT2D eigenvalue weighted by Gasteiger charge is 2.11. The molecule has 4 heteroatoms. The van der Waals surface area contributed by atoms with Crippen molar-refractivity contribution < 1.29 is 9.18 Å². The largest absolute Gasteiger partial charge is 0.326 e. The molecule has 2 rings (SSSR count). The van der Waals surface area contributed by atoms with E-state index in [0.29, 0.717) is 22.6 Å². The minimum atomic E-state index is -0.491. The van der Waals surface area contributed by atoms with E-state index < -0.39 is 5.82 Å². The van der Waals surface area contributed by atoms with Crippen LogP contribution in [0.25, 0.3) is 11.1 Å². The van der Waals surface area contributed by atoms with Crippen LogP contribution in [0.5, 0.6) is 0 Å². The molecule has 1 N–H and O–H groups in total. The van der Waals surface area contributed by atoms with Gasteiger partial charge in [0.1, 0.15) is 5.82 Å². The van der Waals surface area contributed by atoms with Gasteiger partial charge in [-0.1, -0.05) is 41.9 Å². The lowest BCUT2D eigenvalue weighted by molar-refractivity contribution is -0.105. The number of carbonyl (C=O) groups is 1. The molecule has 17 heavy (non-hydrogen) atoms. The molecular weight excluding hydrogens is 241 g/mol. The van der Waals surface area contributed by atoms with Gasteiger partial charge < -0.3 is 5.32 Å². The summed E-state index contributed by atoms with van der Waals surface area (Å²) in [6, 6.07) is 11.6. The second-order valence-electron chi connectivity index (χ2n) is 3.40. The number of carbonyl (C=O) groups excluding carboxylic acids is 1. The number of amides is 1. The Hall–Kier alpha value is -1.87. The summed E-state index contributed by atoms with van der Waals surface area (Å²) in [7, 11) is 0. The average molecular weight is 250 g/mol. The van der Waals surface area contributed by atoms with Gasteiger partial charge in [0.05, 0.1) is 5.69 Å².